The van der Waals surface area contributed by atoms with Crippen LogP contribution in [0.25, 0.3) is 10.9 Å². The normalized spacial score (nSPS) is 12.3. The van der Waals surface area contributed by atoms with E-state index in [0.29, 0.717) is 14.8 Å². The number of fused-ring (bicyclic) bond motifs is 1. The molecule has 1 unspecified atom stereocenters. The van der Waals surface area contributed by atoms with Gasteiger partial charge in [0, 0.05) is 22.2 Å². The van der Waals surface area contributed by atoms with E-state index >= 15 is 0 Å². The SMILES string of the molecule is Cc1[nH]c2ccccc2c1C(=O)C(C)OC(=O)c1ccc(Cl)s1. The van der Waals surface area contributed by atoms with Gasteiger partial charge in [0.2, 0.25) is 5.78 Å². The van der Waals surface area contributed by atoms with E-state index in [1.807, 2.05) is 31.2 Å². The number of carbonyl (C=O) groups excluding carboxylic acids is 2. The molecule has 0 fully saturated rings. The van der Waals surface area contributed by atoms with Crippen LogP contribution in [0.1, 0.15) is 32.6 Å². The molecule has 0 aliphatic carbocycles. The fourth-order valence-electron chi connectivity index (χ4n) is 2.49. The Balaban J connectivity index is 1.84. The molecular weight excluding hydrogens is 334 g/mol. The molecule has 0 saturated carbocycles. The number of benzene rings is 1. The van der Waals surface area contributed by atoms with Crippen LogP contribution in [0.15, 0.2) is 36.4 Å². The summed E-state index contributed by atoms with van der Waals surface area (Å²) in [5, 5.41) is 0.831. The fraction of sp³-hybridized carbons (Fsp3) is 0.176. The van der Waals surface area contributed by atoms with Crippen molar-refractivity contribution in [3.63, 3.8) is 0 Å². The van der Waals surface area contributed by atoms with E-state index in [-0.39, 0.29) is 5.78 Å². The highest BCUT2D eigenvalue weighted by Crippen LogP contribution is 2.25. The molecule has 1 atom stereocenters. The number of ketones is 1. The van der Waals surface area contributed by atoms with Crippen molar-refractivity contribution >= 4 is 45.6 Å². The molecule has 1 aromatic carbocycles. The summed E-state index contributed by atoms with van der Waals surface area (Å²) in [5.41, 5.74) is 2.21. The first-order chi connectivity index (χ1) is 11.0. The Morgan fingerprint density at radius 2 is 1.96 bits per heavy atom. The van der Waals surface area contributed by atoms with Crippen LogP contribution in [0.2, 0.25) is 4.34 Å². The monoisotopic (exact) mass is 347 g/mol. The number of nitrogens with one attached hydrogen (secondary N) is 1. The molecule has 3 aromatic rings. The van der Waals surface area contributed by atoms with Gasteiger partial charge >= 0.3 is 5.97 Å². The van der Waals surface area contributed by atoms with Gasteiger partial charge in [0.1, 0.15) is 4.88 Å². The zero-order chi connectivity index (χ0) is 16.6. The molecule has 23 heavy (non-hydrogen) atoms. The summed E-state index contributed by atoms with van der Waals surface area (Å²) in [5.74, 6) is -0.767. The number of aromatic nitrogens is 1. The average Bonchev–Trinajstić information content (AvgIpc) is 3.09. The number of hydrogen-bond donors (Lipinski definition) is 1. The standard InChI is InChI=1S/C17H14ClNO3S/c1-9-15(11-5-3-4-6-12(11)19-9)16(20)10(2)22-17(21)13-7-8-14(18)23-13/h3-8,10,19H,1-2H3. The molecule has 0 amide bonds. The van der Waals surface area contributed by atoms with E-state index in [1.165, 1.54) is 0 Å². The first-order valence-electron chi connectivity index (χ1n) is 7.05. The number of rotatable bonds is 4. The molecule has 0 bridgehead atoms. The molecule has 2 aromatic heterocycles. The Morgan fingerprint density at radius 1 is 1.22 bits per heavy atom. The van der Waals surface area contributed by atoms with E-state index < -0.39 is 12.1 Å². The number of halogens is 1. The van der Waals surface area contributed by atoms with Gasteiger partial charge in [-0.1, -0.05) is 29.8 Å². The molecular formula is C17H14ClNO3S. The van der Waals surface area contributed by atoms with Crippen LogP contribution in [-0.2, 0) is 4.74 Å². The van der Waals surface area contributed by atoms with Gasteiger partial charge < -0.3 is 9.72 Å². The Bertz CT molecular complexity index is 896. The van der Waals surface area contributed by atoms with E-state index in [1.54, 1.807) is 19.1 Å². The van der Waals surface area contributed by atoms with Crippen molar-refractivity contribution in [2.24, 2.45) is 0 Å². The molecule has 3 rings (SSSR count). The van der Waals surface area contributed by atoms with Gasteiger partial charge in [0.05, 0.1) is 4.34 Å². The Kier molecular flexibility index (Phi) is 4.24. The van der Waals surface area contributed by atoms with E-state index in [9.17, 15) is 9.59 Å². The zero-order valence-corrected chi connectivity index (χ0v) is 14.1. The third-order valence-corrected chi connectivity index (χ3v) is 4.78. The topological polar surface area (TPSA) is 59.2 Å². The van der Waals surface area contributed by atoms with Crippen LogP contribution >= 0.6 is 22.9 Å². The van der Waals surface area contributed by atoms with Gasteiger partial charge in [0.25, 0.3) is 0 Å². The van der Waals surface area contributed by atoms with Crippen molar-refractivity contribution in [2.75, 3.05) is 0 Å². The molecule has 2 heterocycles. The predicted molar refractivity (Wildman–Crippen MR) is 91.6 cm³/mol. The van der Waals surface area contributed by atoms with Crippen LogP contribution < -0.4 is 0 Å². The van der Waals surface area contributed by atoms with Crippen LogP contribution in [0, 0.1) is 6.92 Å². The van der Waals surface area contributed by atoms with Crippen molar-refractivity contribution in [2.45, 2.75) is 20.0 Å². The number of carbonyl (C=O) groups is 2. The van der Waals surface area contributed by atoms with Gasteiger partial charge in [-0.25, -0.2) is 4.79 Å². The first kappa shape index (κ1) is 15.8. The third-order valence-electron chi connectivity index (χ3n) is 3.57. The number of aryl methyl sites for hydroxylation is 1. The molecule has 0 spiro atoms. The largest absolute Gasteiger partial charge is 0.450 e. The van der Waals surface area contributed by atoms with Crippen LogP contribution in [0.4, 0.5) is 0 Å². The van der Waals surface area contributed by atoms with Crippen molar-refractivity contribution in [1.82, 2.24) is 4.98 Å². The minimum atomic E-state index is -0.874. The van der Waals surface area contributed by atoms with E-state index in [4.69, 9.17) is 16.3 Å². The number of H-pyrrole nitrogens is 1. The average molecular weight is 348 g/mol. The Morgan fingerprint density at radius 3 is 2.65 bits per heavy atom. The van der Waals surface area contributed by atoms with Crippen LogP contribution in [-0.4, -0.2) is 22.8 Å². The van der Waals surface area contributed by atoms with Gasteiger partial charge in [-0.2, -0.15) is 0 Å². The lowest BCUT2D eigenvalue weighted by Crippen LogP contribution is -2.24. The smallest absolute Gasteiger partial charge is 0.349 e. The fourth-order valence-corrected chi connectivity index (χ4v) is 3.42. The van der Waals surface area contributed by atoms with Crippen molar-refractivity contribution in [1.29, 1.82) is 0 Å². The lowest BCUT2D eigenvalue weighted by Gasteiger charge is -2.11. The second-order valence-corrected chi connectivity index (χ2v) is 6.90. The molecule has 0 aliphatic heterocycles. The molecule has 0 radical (unpaired) electrons. The summed E-state index contributed by atoms with van der Waals surface area (Å²) in [6.07, 6.45) is -0.874. The van der Waals surface area contributed by atoms with Crippen molar-refractivity contribution in [3.8, 4) is 0 Å². The maximum Gasteiger partial charge on any atom is 0.349 e. The minimum absolute atomic E-state index is 0.226. The maximum atomic E-state index is 12.7. The summed E-state index contributed by atoms with van der Waals surface area (Å²) in [6, 6.07) is 10.8. The minimum Gasteiger partial charge on any atom is -0.450 e. The van der Waals surface area contributed by atoms with Gasteiger partial charge in [-0.05, 0) is 32.0 Å². The zero-order valence-electron chi connectivity index (χ0n) is 12.6. The van der Waals surface area contributed by atoms with Crippen molar-refractivity contribution in [3.05, 3.63) is 56.9 Å². The predicted octanol–water partition coefficient (Wildman–Crippen LogP) is 4.62. The summed E-state index contributed by atoms with van der Waals surface area (Å²) in [7, 11) is 0. The quantitative estimate of drug-likeness (QED) is 0.553. The molecule has 0 saturated heterocycles. The summed E-state index contributed by atoms with van der Waals surface area (Å²) >= 11 is 6.94. The number of para-hydroxylation sites is 1. The molecule has 0 aliphatic rings. The number of thiophene rings is 1. The highest BCUT2D eigenvalue weighted by molar-refractivity contribution is 7.17. The van der Waals surface area contributed by atoms with Crippen LogP contribution in [0.3, 0.4) is 0 Å². The summed E-state index contributed by atoms with van der Waals surface area (Å²) in [4.78, 5) is 28.3. The number of esters is 1. The molecule has 118 valence electrons. The number of ether oxygens (including phenoxy) is 1. The maximum absolute atomic E-state index is 12.7. The molecule has 1 N–H and O–H groups in total. The first-order valence-corrected chi connectivity index (χ1v) is 8.24. The summed E-state index contributed by atoms with van der Waals surface area (Å²) in [6.45, 7) is 3.41. The lowest BCUT2D eigenvalue weighted by atomic mass is 10.0. The van der Waals surface area contributed by atoms with Gasteiger partial charge in [0.15, 0.2) is 6.10 Å². The number of hydrogen-bond acceptors (Lipinski definition) is 4. The third kappa shape index (κ3) is 3.02. The highest BCUT2D eigenvalue weighted by Gasteiger charge is 2.25. The Hall–Kier alpha value is -2.11. The van der Waals surface area contributed by atoms with Gasteiger partial charge in [-0.3, -0.25) is 4.79 Å². The second kappa shape index (κ2) is 6.18. The molecule has 6 heteroatoms. The number of aromatic amines is 1. The second-order valence-electron chi connectivity index (χ2n) is 5.19. The molecule has 4 nitrogen and oxygen atoms in total. The lowest BCUT2D eigenvalue weighted by molar-refractivity contribution is 0.0324. The Labute approximate surface area is 142 Å². The highest BCUT2D eigenvalue weighted by atomic mass is 35.5. The van der Waals surface area contributed by atoms with Crippen molar-refractivity contribution < 1.29 is 14.3 Å². The summed E-state index contributed by atoms with van der Waals surface area (Å²) < 4.78 is 5.79. The van der Waals surface area contributed by atoms with E-state index in [2.05, 4.69) is 4.98 Å². The van der Waals surface area contributed by atoms with Gasteiger partial charge in [-0.15, -0.1) is 11.3 Å². The number of Topliss-reactive ketones (excluding diaryl/α,β-unsaturated/α-hetero) is 1. The van der Waals surface area contributed by atoms with E-state index in [0.717, 1.165) is 27.9 Å². The van der Waals surface area contributed by atoms with Crippen LogP contribution in [0.5, 0.6) is 0 Å².